The Morgan fingerprint density at radius 1 is 1.45 bits per heavy atom. The van der Waals surface area contributed by atoms with E-state index in [0.29, 0.717) is 0 Å². The first-order valence-electron chi connectivity index (χ1n) is 3.96. The Kier molecular flexibility index (Phi) is 3.82. The van der Waals surface area contributed by atoms with Crippen molar-refractivity contribution in [1.29, 1.82) is 0 Å². The molecule has 0 amide bonds. The van der Waals surface area contributed by atoms with Crippen LogP contribution in [0.5, 0.6) is 0 Å². The van der Waals surface area contributed by atoms with E-state index in [0.717, 1.165) is 19.3 Å². The number of aliphatic hydroxyl groups excluding tert-OH is 1. The number of nitrogens with two attached hydrogens (primary N) is 1. The van der Waals surface area contributed by atoms with E-state index >= 15 is 0 Å². The number of rotatable bonds is 0. The lowest BCUT2D eigenvalue weighted by atomic mass is 9.73. The molecule has 2 nitrogen and oxygen atoms in total. The van der Waals surface area contributed by atoms with Crippen LogP contribution >= 0.6 is 12.4 Å². The molecule has 3 N–H and O–H groups in total. The molecular weight excluding hydrogens is 162 g/mol. The topological polar surface area (TPSA) is 46.2 Å². The van der Waals surface area contributed by atoms with Crippen LogP contribution in [0.4, 0.5) is 0 Å². The van der Waals surface area contributed by atoms with Crippen molar-refractivity contribution in [3.63, 3.8) is 0 Å². The van der Waals surface area contributed by atoms with Crippen LogP contribution in [0.1, 0.15) is 33.1 Å². The molecular formula is C8H18ClNO. The van der Waals surface area contributed by atoms with Crippen LogP contribution in [-0.2, 0) is 0 Å². The smallest absolute Gasteiger partial charge is 0.0605 e. The number of aliphatic hydroxyl groups is 1. The summed E-state index contributed by atoms with van der Waals surface area (Å²) in [5.41, 5.74) is 5.78. The van der Waals surface area contributed by atoms with Gasteiger partial charge in [-0.05, 0) is 24.7 Å². The second-order valence-corrected chi connectivity index (χ2v) is 4.04. The largest absolute Gasteiger partial charge is 0.393 e. The van der Waals surface area contributed by atoms with E-state index in [2.05, 4.69) is 13.8 Å². The van der Waals surface area contributed by atoms with Crippen LogP contribution in [-0.4, -0.2) is 17.3 Å². The highest BCUT2D eigenvalue weighted by atomic mass is 35.5. The van der Waals surface area contributed by atoms with Gasteiger partial charge in [-0.1, -0.05) is 13.8 Å². The summed E-state index contributed by atoms with van der Waals surface area (Å²) in [6.07, 6.45) is 2.68. The second-order valence-electron chi connectivity index (χ2n) is 4.04. The minimum Gasteiger partial charge on any atom is -0.393 e. The maximum Gasteiger partial charge on any atom is 0.0605 e. The van der Waals surface area contributed by atoms with Crippen molar-refractivity contribution in [3.8, 4) is 0 Å². The van der Waals surface area contributed by atoms with Crippen LogP contribution in [0, 0.1) is 5.41 Å². The molecule has 11 heavy (non-hydrogen) atoms. The molecule has 1 rings (SSSR count). The Balaban J connectivity index is 0.000001000. The lowest BCUT2D eigenvalue weighted by molar-refractivity contribution is 0.00652. The first-order valence-corrected chi connectivity index (χ1v) is 3.96. The van der Waals surface area contributed by atoms with E-state index < -0.39 is 0 Å². The van der Waals surface area contributed by atoms with E-state index in [1.54, 1.807) is 0 Å². The van der Waals surface area contributed by atoms with E-state index in [-0.39, 0.29) is 30.0 Å². The van der Waals surface area contributed by atoms with Gasteiger partial charge in [-0.25, -0.2) is 0 Å². The summed E-state index contributed by atoms with van der Waals surface area (Å²) in [7, 11) is 0. The van der Waals surface area contributed by atoms with Crippen LogP contribution < -0.4 is 5.73 Å². The molecule has 0 heterocycles. The molecule has 0 bridgehead atoms. The Bertz CT molecular complexity index is 127. The van der Waals surface area contributed by atoms with Crippen molar-refractivity contribution < 1.29 is 5.11 Å². The Morgan fingerprint density at radius 2 is 2.00 bits per heavy atom. The van der Waals surface area contributed by atoms with Gasteiger partial charge in [0.05, 0.1) is 6.10 Å². The molecule has 0 saturated heterocycles. The summed E-state index contributed by atoms with van der Waals surface area (Å²) < 4.78 is 0. The quantitative estimate of drug-likeness (QED) is 0.589. The summed E-state index contributed by atoms with van der Waals surface area (Å²) in [6, 6.07) is 0.225. The SMILES string of the molecule is CC1(C)CCC(N)CC1O.Cl. The van der Waals surface area contributed by atoms with Crippen molar-refractivity contribution in [2.75, 3.05) is 0 Å². The molecule has 0 radical (unpaired) electrons. The average molecular weight is 180 g/mol. The average Bonchev–Trinajstić information content (AvgIpc) is 1.81. The standard InChI is InChI=1S/C8H17NO.ClH/c1-8(2)4-3-6(9)5-7(8)10;/h6-7,10H,3-5,9H2,1-2H3;1H. The zero-order valence-electron chi connectivity index (χ0n) is 7.21. The van der Waals surface area contributed by atoms with Gasteiger partial charge < -0.3 is 10.8 Å². The first kappa shape index (κ1) is 11.2. The predicted molar refractivity (Wildman–Crippen MR) is 48.9 cm³/mol. The molecule has 1 fully saturated rings. The van der Waals surface area contributed by atoms with Gasteiger partial charge in [0.15, 0.2) is 0 Å². The summed E-state index contributed by atoms with van der Waals surface area (Å²) >= 11 is 0. The van der Waals surface area contributed by atoms with Gasteiger partial charge >= 0.3 is 0 Å². The number of hydrogen-bond donors (Lipinski definition) is 2. The Morgan fingerprint density at radius 3 is 2.36 bits per heavy atom. The van der Waals surface area contributed by atoms with Gasteiger partial charge in [-0.3, -0.25) is 0 Å². The zero-order valence-corrected chi connectivity index (χ0v) is 8.03. The van der Waals surface area contributed by atoms with E-state index in [4.69, 9.17) is 5.73 Å². The maximum absolute atomic E-state index is 9.53. The van der Waals surface area contributed by atoms with Crippen molar-refractivity contribution in [2.24, 2.45) is 11.1 Å². The number of hydrogen-bond acceptors (Lipinski definition) is 2. The van der Waals surface area contributed by atoms with Gasteiger partial charge in [0.1, 0.15) is 0 Å². The normalized spacial score (nSPS) is 36.0. The molecule has 0 aromatic carbocycles. The highest BCUT2D eigenvalue weighted by Crippen LogP contribution is 2.34. The highest BCUT2D eigenvalue weighted by molar-refractivity contribution is 5.85. The van der Waals surface area contributed by atoms with Crippen LogP contribution in [0.3, 0.4) is 0 Å². The van der Waals surface area contributed by atoms with Crippen LogP contribution in [0.25, 0.3) is 0 Å². The summed E-state index contributed by atoms with van der Waals surface area (Å²) in [5.74, 6) is 0. The van der Waals surface area contributed by atoms with Crippen molar-refractivity contribution in [3.05, 3.63) is 0 Å². The third-order valence-corrected chi connectivity index (χ3v) is 2.59. The summed E-state index contributed by atoms with van der Waals surface area (Å²) in [5, 5.41) is 9.53. The molecule has 2 unspecified atom stereocenters. The van der Waals surface area contributed by atoms with Gasteiger partial charge in [-0.2, -0.15) is 0 Å². The van der Waals surface area contributed by atoms with Crippen LogP contribution in [0.15, 0.2) is 0 Å². The van der Waals surface area contributed by atoms with E-state index in [1.807, 2.05) is 0 Å². The first-order chi connectivity index (χ1) is 4.52. The van der Waals surface area contributed by atoms with Crippen molar-refractivity contribution in [2.45, 2.75) is 45.3 Å². The zero-order chi connectivity index (χ0) is 7.78. The monoisotopic (exact) mass is 179 g/mol. The molecule has 0 spiro atoms. The lowest BCUT2D eigenvalue weighted by Crippen LogP contribution is -2.41. The van der Waals surface area contributed by atoms with Gasteiger partial charge in [0.25, 0.3) is 0 Å². The van der Waals surface area contributed by atoms with Gasteiger partial charge in [0, 0.05) is 6.04 Å². The predicted octanol–water partition coefficient (Wildman–Crippen LogP) is 1.31. The minimum atomic E-state index is -0.198. The fraction of sp³-hybridized carbons (Fsp3) is 1.00. The van der Waals surface area contributed by atoms with E-state index in [9.17, 15) is 5.11 Å². The highest BCUT2D eigenvalue weighted by Gasteiger charge is 2.33. The van der Waals surface area contributed by atoms with Gasteiger partial charge in [0.2, 0.25) is 0 Å². The summed E-state index contributed by atoms with van der Waals surface area (Å²) in [6.45, 7) is 4.20. The summed E-state index contributed by atoms with van der Waals surface area (Å²) in [4.78, 5) is 0. The second kappa shape index (κ2) is 3.74. The van der Waals surface area contributed by atoms with E-state index in [1.165, 1.54) is 0 Å². The van der Waals surface area contributed by atoms with Crippen LogP contribution in [0.2, 0.25) is 0 Å². The Labute approximate surface area is 74.6 Å². The third-order valence-electron chi connectivity index (χ3n) is 2.59. The minimum absolute atomic E-state index is 0. The van der Waals surface area contributed by atoms with Gasteiger partial charge in [-0.15, -0.1) is 12.4 Å². The molecule has 1 saturated carbocycles. The molecule has 2 atom stereocenters. The molecule has 0 aromatic heterocycles. The van der Waals surface area contributed by atoms with Crippen molar-refractivity contribution in [1.82, 2.24) is 0 Å². The third kappa shape index (κ3) is 2.62. The van der Waals surface area contributed by atoms with Crippen molar-refractivity contribution >= 4 is 12.4 Å². The molecule has 1 aliphatic rings. The fourth-order valence-corrected chi connectivity index (χ4v) is 1.45. The molecule has 0 aliphatic heterocycles. The molecule has 1 aliphatic carbocycles. The Hall–Kier alpha value is 0.210. The number of halogens is 1. The fourth-order valence-electron chi connectivity index (χ4n) is 1.45. The molecule has 68 valence electrons. The lowest BCUT2D eigenvalue weighted by Gasteiger charge is -2.37. The molecule has 3 heteroatoms. The molecule has 0 aromatic rings. The maximum atomic E-state index is 9.53.